The van der Waals surface area contributed by atoms with Crippen molar-refractivity contribution in [2.75, 3.05) is 0 Å². The summed E-state index contributed by atoms with van der Waals surface area (Å²) in [5, 5.41) is 15.8. The molecule has 1 aliphatic rings. The van der Waals surface area contributed by atoms with Crippen molar-refractivity contribution < 1.29 is 9.53 Å². The van der Waals surface area contributed by atoms with Crippen molar-refractivity contribution in [2.45, 2.75) is 25.9 Å². The first-order valence-corrected chi connectivity index (χ1v) is 11.5. The number of hydrogen-bond donors (Lipinski definition) is 2. The van der Waals surface area contributed by atoms with Gasteiger partial charge in [0, 0.05) is 22.4 Å². The normalized spacial score (nSPS) is 15.3. The van der Waals surface area contributed by atoms with Crippen molar-refractivity contribution >= 4 is 22.5 Å². The van der Waals surface area contributed by atoms with Gasteiger partial charge in [-0.15, -0.1) is 5.11 Å². The number of benzene rings is 3. The quantitative estimate of drug-likeness (QED) is 0.130. The third kappa shape index (κ3) is 4.94. The smallest absolute Gasteiger partial charge is 0.176 e. The van der Waals surface area contributed by atoms with E-state index in [1.165, 1.54) is 0 Å². The summed E-state index contributed by atoms with van der Waals surface area (Å²) in [5.41, 5.74) is 5.16. The van der Waals surface area contributed by atoms with Crippen LogP contribution in [0.2, 0.25) is 0 Å². The zero-order valence-corrected chi connectivity index (χ0v) is 19.1. The second kappa shape index (κ2) is 9.85. The van der Waals surface area contributed by atoms with Crippen molar-refractivity contribution in [1.82, 2.24) is 4.98 Å². The lowest BCUT2D eigenvalue weighted by Gasteiger charge is -2.24. The fourth-order valence-corrected chi connectivity index (χ4v) is 4.56. The number of nitrogens with two attached hydrogens (primary N) is 1. The first-order valence-electron chi connectivity index (χ1n) is 11.5. The number of carbonyl (C=O) groups is 1. The number of Topliss-reactive ketones (excluding diaryl/α,β-unsaturated/α-hetero) is 1. The van der Waals surface area contributed by atoms with Crippen LogP contribution >= 0.6 is 0 Å². The lowest BCUT2D eigenvalue weighted by molar-refractivity contribution is 0.0900. The number of nitrogens with zero attached hydrogens (tertiary/aromatic N) is 3. The number of amidine groups is 1. The molecule has 1 unspecified atom stereocenters. The molecular weight excluding hydrogens is 438 g/mol. The Morgan fingerprint density at radius 1 is 1.06 bits per heavy atom. The highest BCUT2D eigenvalue weighted by Gasteiger charge is 2.28. The zero-order chi connectivity index (χ0) is 24.2. The molecular formula is C28H25N5O2. The molecule has 5 rings (SSSR count). The molecule has 7 nitrogen and oxygen atoms in total. The number of ether oxygens (including phenoxy) is 1. The Morgan fingerprint density at radius 2 is 1.94 bits per heavy atom. The maximum atomic E-state index is 13.4. The van der Waals surface area contributed by atoms with Gasteiger partial charge in [-0.25, -0.2) is 4.98 Å². The number of rotatable bonds is 6. The summed E-state index contributed by atoms with van der Waals surface area (Å²) in [7, 11) is 0. The average molecular weight is 464 g/mol. The van der Waals surface area contributed by atoms with Gasteiger partial charge in [0.05, 0.1) is 11.2 Å². The van der Waals surface area contributed by atoms with E-state index < -0.39 is 0 Å². The lowest BCUT2D eigenvalue weighted by atomic mass is 9.79. The highest BCUT2D eigenvalue weighted by molar-refractivity contribution is 6.01. The van der Waals surface area contributed by atoms with E-state index in [4.69, 9.17) is 16.0 Å². The SMILES string of the molecule is N=C(N=NN)c1cccc(CC2CCc3ccc(OCc4ccc5ccccc5n4)cc3C2=O)c1. The van der Waals surface area contributed by atoms with Gasteiger partial charge >= 0.3 is 0 Å². The minimum Gasteiger partial charge on any atom is -0.487 e. The first-order chi connectivity index (χ1) is 17.1. The van der Waals surface area contributed by atoms with Crippen LogP contribution in [0.5, 0.6) is 5.75 Å². The molecule has 0 bridgehead atoms. The molecule has 1 atom stereocenters. The van der Waals surface area contributed by atoms with Gasteiger partial charge in [0.25, 0.3) is 0 Å². The molecule has 0 amide bonds. The number of carbonyl (C=O) groups excluding carboxylic acids is 1. The van der Waals surface area contributed by atoms with Crippen molar-refractivity contribution in [2.24, 2.45) is 22.1 Å². The fraction of sp³-hybridized carbons (Fsp3) is 0.179. The van der Waals surface area contributed by atoms with Crippen molar-refractivity contribution in [3.8, 4) is 5.75 Å². The van der Waals surface area contributed by atoms with Crippen LogP contribution in [0.3, 0.4) is 0 Å². The predicted octanol–water partition coefficient (Wildman–Crippen LogP) is 5.45. The Morgan fingerprint density at radius 3 is 2.83 bits per heavy atom. The largest absolute Gasteiger partial charge is 0.487 e. The van der Waals surface area contributed by atoms with Gasteiger partial charge < -0.3 is 10.6 Å². The molecule has 3 aromatic carbocycles. The molecule has 0 saturated carbocycles. The molecule has 0 spiro atoms. The van der Waals surface area contributed by atoms with E-state index in [0.29, 0.717) is 24.3 Å². The maximum Gasteiger partial charge on any atom is 0.176 e. The first kappa shape index (κ1) is 22.4. The van der Waals surface area contributed by atoms with Gasteiger partial charge in [-0.1, -0.05) is 53.8 Å². The predicted molar refractivity (Wildman–Crippen MR) is 135 cm³/mol. The second-order valence-electron chi connectivity index (χ2n) is 8.67. The molecule has 1 aromatic heterocycles. The summed E-state index contributed by atoms with van der Waals surface area (Å²) >= 11 is 0. The van der Waals surface area contributed by atoms with Crippen LogP contribution in [0, 0.1) is 11.3 Å². The highest BCUT2D eigenvalue weighted by atomic mass is 16.5. The summed E-state index contributed by atoms with van der Waals surface area (Å²) in [6.07, 6.45) is 2.23. The van der Waals surface area contributed by atoms with E-state index in [-0.39, 0.29) is 17.5 Å². The molecule has 0 fully saturated rings. The summed E-state index contributed by atoms with van der Waals surface area (Å²) in [4.78, 5) is 18.0. The van der Waals surface area contributed by atoms with Gasteiger partial charge in [0.15, 0.2) is 11.6 Å². The second-order valence-corrected chi connectivity index (χ2v) is 8.67. The summed E-state index contributed by atoms with van der Waals surface area (Å²) in [5.74, 6) is 5.73. The number of hydrogen-bond acceptors (Lipinski definition) is 5. The molecule has 3 N–H and O–H groups in total. The number of pyridine rings is 1. The summed E-state index contributed by atoms with van der Waals surface area (Å²) in [6.45, 7) is 0.333. The molecule has 0 radical (unpaired) electrons. The van der Waals surface area contributed by atoms with Crippen LogP contribution in [0.1, 0.15) is 39.2 Å². The monoisotopic (exact) mass is 463 g/mol. The van der Waals surface area contributed by atoms with Crippen LogP contribution < -0.4 is 10.6 Å². The van der Waals surface area contributed by atoms with Crippen molar-refractivity contribution in [1.29, 1.82) is 5.41 Å². The Hall–Kier alpha value is -4.39. The highest BCUT2D eigenvalue weighted by Crippen LogP contribution is 2.31. The number of para-hydroxylation sites is 1. The number of fused-ring (bicyclic) bond motifs is 2. The van der Waals surface area contributed by atoms with Crippen LogP contribution in [0.15, 0.2) is 89.2 Å². The minimum absolute atomic E-state index is 0.00244. The van der Waals surface area contributed by atoms with Crippen LogP contribution in [0.25, 0.3) is 10.9 Å². The molecule has 174 valence electrons. The van der Waals surface area contributed by atoms with Crippen molar-refractivity contribution in [3.05, 3.63) is 107 Å². The Labute approximate surface area is 203 Å². The van der Waals surface area contributed by atoms with Gasteiger partial charge in [0.1, 0.15) is 12.4 Å². The topological polar surface area (TPSA) is 114 Å². The lowest BCUT2D eigenvalue weighted by Crippen LogP contribution is -2.24. The van der Waals surface area contributed by atoms with E-state index in [2.05, 4.69) is 15.3 Å². The Kier molecular flexibility index (Phi) is 6.30. The summed E-state index contributed by atoms with van der Waals surface area (Å²) < 4.78 is 6.01. The van der Waals surface area contributed by atoms with E-state index in [9.17, 15) is 4.79 Å². The van der Waals surface area contributed by atoms with Gasteiger partial charge in [-0.2, -0.15) is 0 Å². The van der Waals surface area contributed by atoms with Gasteiger partial charge in [0.2, 0.25) is 0 Å². The molecule has 7 heteroatoms. The number of nitrogens with one attached hydrogen (secondary N) is 1. The number of ketones is 1. The fourth-order valence-electron chi connectivity index (χ4n) is 4.56. The minimum atomic E-state index is -0.125. The van der Waals surface area contributed by atoms with E-state index >= 15 is 0 Å². The average Bonchev–Trinajstić information content (AvgIpc) is 2.89. The van der Waals surface area contributed by atoms with E-state index in [0.717, 1.165) is 46.1 Å². The zero-order valence-electron chi connectivity index (χ0n) is 19.1. The molecule has 4 aromatic rings. The maximum absolute atomic E-state index is 13.4. The van der Waals surface area contributed by atoms with Crippen molar-refractivity contribution in [3.63, 3.8) is 0 Å². The third-order valence-corrected chi connectivity index (χ3v) is 6.36. The van der Waals surface area contributed by atoms with E-state index in [1.54, 1.807) is 6.07 Å². The Bertz CT molecular complexity index is 1450. The molecule has 0 aliphatic heterocycles. The number of aryl methyl sites for hydroxylation is 1. The summed E-state index contributed by atoms with van der Waals surface area (Å²) in [6, 6.07) is 25.2. The van der Waals surface area contributed by atoms with E-state index in [1.807, 2.05) is 72.8 Å². The standard InChI is InChI=1S/C28H25N5O2/c29-28(32-33-30)22-6-3-4-18(15-22)14-21-9-8-19-11-13-24(16-25(19)27(21)34)35-17-23-12-10-20-5-1-2-7-26(20)31-23/h1-7,10-13,15-16,21H,8-9,14,17H2,(H3,29,30,32). The molecule has 1 heterocycles. The molecule has 35 heavy (non-hydrogen) atoms. The van der Waals surface area contributed by atoms with Crippen LogP contribution in [-0.2, 0) is 19.4 Å². The number of aromatic nitrogens is 1. The van der Waals surface area contributed by atoms with Crippen LogP contribution in [-0.4, -0.2) is 16.6 Å². The molecule has 0 saturated heterocycles. The van der Waals surface area contributed by atoms with Gasteiger partial charge in [-0.3, -0.25) is 10.2 Å². The van der Waals surface area contributed by atoms with Gasteiger partial charge in [-0.05, 0) is 60.7 Å². The third-order valence-electron chi connectivity index (χ3n) is 6.36. The Balaban J connectivity index is 1.29. The van der Waals surface area contributed by atoms with Crippen LogP contribution in [0.4, 0.5) is 0 Å². The molecule has 1 aliphatic carbocycles.